The minimum Gasteiger partial charge on any atom is -0.487 e. The van der Waals surface area contributed by atoms with Crippen molar-refractivity contribution < 1.29 is 14.6 Å². The van der Waals surface area contributed by atoms with Crippen LogP contribution in [0.1, 0.15) is 44.8 Å². The zero-order valence-corrected chi connectivity index (χ0v) is 12.7. The summed E-state index contributed by atoms with van der Waals surface area (Å²) in [6.07, 6.45) is 1.97. The van der Waals surface area contributed by atoms with Crippen LogP contribution >= 0.6 is 11.6 Å². The Morgan fingerprint density at radius 3 is 2.90 bits per heavy atom. The van der Waals surface area contributed by atoms with E-state index in [1.54, 1.807) is 6.07 Å². The molecule has 3 atom stereocenters. The maximum Gasteiger partial charge on any atom is 0.126 e. The van der Waals surface area contributed by atoms with Crippen molar-refractivity contribution in [3.63, 3.8) is 0 Å². The second kappa shape index (κ2) is 5.21. The van der Waals surface area contributed by atoms with E-state index in [9.17, 15) is 5.11 Å². The summed E-state index contributed by atoms with van der Waals surface area (Å²) in [5.74, 6) is 1.22. The molecule has 0 aromatic heterocycles. The molecule has 20 heavy (non-hydrogen) atoms. The average Bonchev–Trinajstić information content (AvgIpc) is 2.40. The van der Waals surface area contributed by atoms with Crippen LogP contribution < -0.4 is 4.74 Å². The normalized spacial score (nSPS) is 33.0. The fourth-order valence-corrected chi connectivity index (χ4v) is 3.42. The lowest BCUT2D eigenvalue weighted by Crippen LogP contribution is -2.49. The molecule has 2 heterocycles. The van der Waals surface area contributed by atoms with Gasteiger partial charge in [0.2, 0.25) is 0 Å². The molecule has 0 saturated carbocycles. The minimum absolute atomic E-state index is 0.199. The third kappa shape index (κ3) is 2.54. The van der Waals surface area contributed by atoms with E-state index in [1.165, 1.54) is 0 Å². The molecule has 1 fully saturated rings. The lowest BCUT2D eigenvalue weighted by atomic mass is 9.79. The van der Waals surface area contributed by atoms with E-state index in [0.29, 0.717) is 24.0 Å². The van der Waals surface area contributed by atoms with Crippen LogP contribution in [0.3, 0.4) is 0 Å². The van der Waals surface area contributed by atoms with Crippen LogP contribution in [0.4, 0.5) is 0 Å². The lowest BCUT2D eigenvalue weighted by molar-refractivity contribution is -0.127. The molecule has 0 bridgehead atoms. The number of fused-ring (bicyclic) bond motifs is 1. The van der Waals surface area contributed by atoms with E-state index in [-0.39, 0.29) is 11.7 Å². The molecule has 1 spiro atoms. The van der Waals surface area contributed by atoms with E-state index < -0.39 is 6.10 Å². The Kier molecular flexibility index (Phi) is 3.69. The molecule has 0 radical (unpaired) electrons. The first-order chi connectivity index (χ1) is 9.49. The Morgan fingerprint density at radius 2 is 2.15 bits per heavy atom. The Balaban J connectivity index is 1.88. The second-order valence-corrected chi connectivity index (χ2v) is 6.73. The van der Waals surface area contributed by atoms with Crippen molar-refractivity contribution >= 4 is 11.6 Å². The lowest BCUT2D eigenvalue weighted by Gasteiger charge is -2.46. The van der Waals surface area contributed by atoms with Crippen molar-refractivity contribution in [2.75, 3.05) is 6.61 Å². The van der Waals surface area contributed by atoms with Crippen LogP contribution in [0.25, 0.3) is 0 Å². The van der Waals surface area contributed by atoms with Crippen LogP contribution in [-0.2, 0) is 4.74 Å². The Hall–Kier alpha value is -0.770. The second-order valence-electron chi connectivity index (χ2n) is 6.29. The van der Waals surface area contributed by atoms with Gasteiger partial charge in [0.1, 0.15) is 11.4 Å². The van der Waals surface area contributed by atoms with Crippen LogP contribution in [0.2, 0.25) is 5.02 Å². The van der Waals surface area contributed by atoms with Gasteiger partial charge in [-0.3, -0.25) is 0 Å². The predicted molar refractivity (Wildman–Crippen MR) is 78.2 cm³/mol. The molecule has 1 aromatic rings. The molecule has 3 nitrogen and oxygen atoms in total. The average molecular weight is 297 g/mol. The minimum atomic E-state index is -0.511. The first-order valence-corrected chi connectivity index (χ1v) is 7.65. The molecule has 4 heteroatoms. The summed E-state index contributed by atoms with van der Waals surface area (Å²) in [6, 6.07) is 5.47. The highest BCUT2D eigenvalue weighted by atomic mass is 35.5. The summed E-state index contributed by atoms with van der Waals surface area (Å²) in [5.41, 5.74) is 0.503. The number of benzene rings is 1. The molecule has 110 valence electrons. The van der Waals surface area contributed by atoms with Gasteiger partial charge in [-0.05, 0) is 24.1 Å². The summed E-state index contributed by atoms with van der Waals surface area (Å²) in [5, 5.41) is 11.1. The molecule has 0 amide bonds. The number of halogens is 1. The molecule has 1 saturated heterocycles. The van der Waals surface area contributed by atoms with Crippen molar-refractivity contribution in [3.05, 3.63) is 28.8 Å². The fourth-order valence-electron chi connectivity index (χ4n) is 3.24. The summed E-state index contributed by atoms with van der Waals surface area (Å²) in [7, 11) is 0. The Labute approximate surface area is 124 Å². The van der Waals surface area contributed by atoms with E-state index in [4.69, 9.17) is 21.1 Å². The van der Waals surface area contributed by atoms with Crippen molar-refractivity contribution in [2.24, 2.45) is 5.92 Å². The molecular formula is C16H21ClO3. The number of aliphatic hydroxyl groups is 1. The van der Waals surface area contributed by atoms with Crippen molar-refractivity contribution in [2.45, 2.75) is 50.9 Å². The monoisotopic (exact) mass is 296 g/mol. The van der Waals surface area contributed by atoms with E-state index in [2.05, 4.69) is 13.8 Å². The predicted octanol–water partition coefficient (Wildman–Crippen LogP) is 3.73. The first kappa shape index (κ1) is 14.2. The molecule has 1 N–H and O–H groups in total. The van der Waals surface area contributed by atoms with Crippen LogP contribution in [0.15, 0.2) is 18.2 Å². The highest BCUT2D eigenvalue weighted by Gasteiger charge is 2.45. The molecule has 3 rings (SSSR count). The highest BCUT2D eigenvalue weighted by molar-refractivity contribution is 6.30. The highest BCUT2D eigenvalue weighted by Crippen LogP contribution is 2.46. The molecule has 1 aromatic carbocycles. The van der Waals surface area contributed by atoms with Gasteiger partial charge in [-0.1, -0.05) is 25.4 Å². The molecule has 0 aliphatic carbocycles. The van der Waals surface area contributed by atoms with Crippen molar-refractivity contribution in [1.29, 1.82) is 0 Å². The third-order valence-electron chi connectivity index (χ3n) is 4.43. The molecule has 3 unspecified atom stereocenters. The van der Waals surface area contributed by atoms with E-state index in [1.807, 2.05) is 12.1 Å². The maximum absolute atomic E-state index is 10.4. The molecule has 2 aliphatic rings. The first-order valence-electron chi connectivity index (χ1n) is 7.27. The zero-order valence-electron chi connectivity index (χ0n) is 11.9. The van der Waals surface area contributed by atoms with Crippen LogP contribution in [0.5, 0.6) is 5.75 Å². The van der Waals surface area contributed by atoms with Gasteiger partial charge in [0.25, 0.3) is 0 Å². The van der Waals surface area contributed by atoms with Gasteiger partial charge in [0, 0.05) is 29.8 Å². The SMILES string of the molecule is CC(C)C1CC2(CCO1)CC(O)c1cc(Cl)ccc1O2. The summed E-state index contributed by atoms with van der Waals surface area (Å²) in [6.45, 7) is 5.02. The largest absolute Gasteiger partial charge is 0.487 e. The fraction of sp³-hybridized carbons (Fsp3) is 0.625. The van der Waals surface area contributed by atoms with Crippen molar-refractivity contribution in [3.8, 4) is 5.75 Å². The number of hydrogen-bond acceptors (Lipinski definition) is 3. The van der Waals surface area contributed by atoms with E-state index in [0.717, 1.165) is 24.2 Å². The van der Waals surface area contributed by atoms with E-state index >= 15 is 0 Å². The van der Waals surface area contributed by atoms with Crippen LogP contribution in [0, 0.1) is 5.92 Å². The van der Waals surface area contributed by atoms with Crippen LogP contribution in [-0.4, -0.2) is 23.4 Å². The van der Waals surface area contributed by atoms with Gasteiger partial charge in [0.15, 0.2) is 0 Å². The van der Waals surface area contributed by atoms with Gasteiger partial charge in [-0.25, -0.2) is 0 Å². The van der Waals surface area contributed by atoms with Gasteiger partial charge in [0.05, 0.1) is 18.8 Å². The number of rotatable bonds is 1. The number of aliphatic hydroxyl groups excluding tert-OH is 1. The summed E-state index contributed by atoms with van der Waals surface area (Å²) in [4.78, 5) is 0. The number of ether oxygens (including phenoxy) is 2. The smallest absolute Gasteiger partial charge is 0.126 e. The Morgan fingerprint density at radius 1 is 1.35 bits per heavy atom. The maximum atomic E-state index is 10.4. The zero-order chi connectivity index (χ0) is 14.3. The third-order valence-corrected chi connectivity index (χ3v) is 4.66. The topological polar surface area (TPSA) is 38.7 Å². The standard InChI is InChI=1S/C16H21ClO3/c1-10(2)15-9-16(5-6-19-15)8-13(18)12-7-11(17)3-4-14(12)20-16/h3-4,7,10,13,15,18H,5-6,8-9H2,1-2H3. The van der Waals surface area contributed by atoms with Gasteiger partial charge in [-0.2, -0.15) is 0 Å². The summed E-state index contributed by atoms with van der Waals surface area (Å²) >= 11 is 6.00. The number of hydrogen-bond donors (Lipinski definition) is 1. The van der Waals surface area contributed by atoms with Crippen molar-refractivity contribution in [1.82, 2.24) is 0 Å². The molecule has 2 aliphatic heterocycles. The van der Waals surface area contributed by atoms with Gasteiger partial charge >= 0.3 is 0 Å². The van der Waals surface area contributed by atoms with Gasteiger partial charge < -0.3 is 14.6 Å². The summed E-state index contributed by atoms with van der Waals surface area (Å²) < 4.78 is 12.1. The Bertz CT molecular complexity index is 502. The van der Waals surface area contributed by atoms with Gasteiger partial charge in [-0.15, -0.1) is 0 Å². The quantitative estimate of drug-likeness (QED) is 0.858. The molecular weight excluding hydrogens is 276 g/mol.